The predicted octanol–water partition coefficient (Wildman–Crippen LogP) is 4.70. The van der Waals surface area contributed by atoms with E-state index < -0.39 is 23.8 Å². The average molecular weight is 433 g/mol. The molecule has 3 N–H and O–H groups in total. The molecule has 0 spiro atoms. The Labute approximate surface area is 187 Å². The topological polar surface area (TPSA) is 112 Å². The molecule has 3 atom stereocenters. The van der Waals surface area contributed by atoms with Crippen LogP contribution >= 0.6 is 0 Å². The van der Waals surface area contributed by atoms with E-state index in [0.29, 0.717) is 25.7 Å². The van der Waals surface area contributed by atoms with Crippen LogP contribution in [0.2, 0.25) is 0 Å². The van der Waals surface area contributed by atoms with Crippen molar-refractivity contribution in [2.24, 2.45) is 17.8 Å². The number of carboxylic acid groups (broad SMARTS) is 3. The molecule has 0 saturated heterocycles. The van der Waals surface area contributed by atoms with E-state index in [0.717, 1.165) is 19.3 Å². The van der Waals surface area contributed by atoms with Crippen molar-refractivity contribution >= 4 is 17.9 Å². The van der Waals surface area contributed by atoms with Crippen molar-refractivity contribution in [3.63, 3.8) is 0 Å². The molecule has 0 bridgehead atoms. The Morgan fingerprint density at radius 1 is 0.774 bits per heavy atom. The first-order valence-corrected chi connectivity index (χ1v) is 10.3. The minimum absolute atomic E-state index is 0.264. The molecular formula is C25H36O6. The van der Waals surface area contributed by atoms with Crippen LogP contribution in [0.1, 0.15) is 72.1 Å². The third-order valence-corrected chi connectivity index (χ3v) is 4.05. The van der Waals surface area contributed by atoms with E-state index in [-0.39, 0.29) is 18.3 Å². The monoisotopic (exact) mass is 432 g/mol. The lowest BCUT2D eigenvalue weighted by Crippen LogP contribution is -2.12. The lowest BCUT2D eigenvalue weighted by molar-refractivity contribution is -0.142. The quantitative estimate of drug-likeness (QED) is 0.304. The van der Waals surface area contributed by atoms with Crippen molar-refractivity contribution in [2.75, 3.05) is 0 Å². The van der Waals surface area contributed by atoms with Crippen molar-refractivity contribution < 1.29 is 29.7 Å². The van der Waals surface area contributed by atoms with E-state index in [1.807, 2.05) is 13.8 Å². The highest BCUT2D eigenvalue weighted by Crippen LogP contribution is 2.12. The van der Waals surface area contributed by atoms with E-state index >= 15 is 0 Å². The Bertz CT molecular complexity index is 657. The van der Waals surface area contributed by atoms with E-state index in [2.05, 4.69) is 17.8 Å². The maximum absolute atomic E-state index is 10.5. The number of carboxylic acids is 3. The molecule has 6 nitrogen and oxygen atoms in total. The molecule has 0 fully saturated rings. The van der Waals surface area contributed by atoms with Crippen LogP contribution < -0.4 is 0 Å². The summed E-state index contributed by atoms with van der Waals surface area (Å²) in [5.74, 6) is 3.43. The number of carbonyl (C=O) groups is 3. The summed E-state index contributed by atoms with van der Waals surface area (Å²) in [4.78, 5) is 31.2. The third kappa shape index (κ3) is 21.4. The third-order valence-electron chi connectivity index (χ3n) is 4.05. The van der Waals surface area contributed by atoms with Gasteiger partial charge in [0.2, 0.25) is 0 Å². The van der Waals surface area contributed by atoms with Gasteiger partial charge in [0.15, 0.2) is 0 Å². The molecule has 0 aromatic heterocycles. The Hall–Kier alpha value is -3.17. The van der Waals surface area contributed by atoms with Crippen LogP contribution in [-0.2, 0) is 14.4 Å². The van der Waals surface area contributed by atoms with Crippen LogP contribution in [0.3, 0.4) is 0 Å². The second-order valence-corrected chi connectivity index (χ2v) is 6.70. The Balaban J connectivity index is -0.000000380. The highest BCUT2D eigenvalue weighted by molar-refractivity contribution is 5.72. The minimum atomic E-state index is -0.865. The molecule has 0 radical (unpaired) electrons. The predicted molar refractivity (Wildman–Crippen MR) is 123 cm³/mol. The van der Waals surface area contributed by atoms with Gasteiger partial charge in [-0.1, -0.05) is 45.3 Å². The fourth-order valence-electron chi connectivity index (χ4n) is 2.31. The number of unbranched alkanes of at least 4 members (excludes halogenated alkanes) is 1. The second kappa shape index (κ2) is 23.1. The molecule has 0 amide bonds. The van der Waals surface area contributed by atoms with E-state index in [1.54, 1.807) is 19.1 Å². The smallest absolute Gasteiger partial charge is 0.311 e. The van der Waals surface area contributed by atoms with Crippen molar-refractivity contribution in [3.05, 3.63) is 12.2 Å². The van der Waals surface area contributed by atoms with Gasteiger partial charge < -0.3 is 15.3 Å². The molecular weight excluding hydrogens is 396 g/mol. The molecule has 0 rings (SSSR count). The second-order valence-electron chi connectivity index (χ2n) is 6.70. The molecule has 0 heterocycles. The highest BCUT2D eigenvalue weighted by atomic mass is 16.4. The first-order chi connectivity index (χ1) is 14.7. The van der Waals surface area contributed by atoms with Gasteiger partial charge in [-0.05, 0) is 19.8 Å². The molecule has 3 unspecified atom stereocenters. The molecule has 0 aromatic carbocycles. The summed E-state index contributed by atoms with van der Waals surface area (Å²) in [6.07, 6.45) is 23.4. The highest BCUT2D eigenvalue weighted by Gasteiger charge is 2.15. The number of allylic oxidation sites excluding steroid dienone is 1. The summed E-state index contributed by atoms with van der Waals surface area (Å²) in [5, 5.41) is 25.7. The molecule has 0 aliphatic carbocycles. The van der Waals surface area contributed by atoms with Crippen molar-refractivity contribution in [1.82, 2.24) is 0 Å². The molecule has 0 aliphatic rings. The normalized spacial score (nSPS) is 12.3. The molecule has 172 valence electrons. The SMILES string of the molecule is C#CCC(C=CC)C(=O)O.C#CCC(CCC)C(=O)O.C#CCC(CCCC)C(=O)O. The van der Waals surface area contributed by atoms with Crippen LogP contribution in [0, 0.1) is 54.8 Å². The molecule has 0 aromatic rings. The van der Waals surface area contributed by atoms with Crippen molar-refractivity contribution in [3.8, 4) is 37.0 Å². The van der Waals surface area contributed by atoms with Gasteiger partial charge in [-0.25, -0.2) is 0 Å². The maximum Gasteiger partial charge on any atom is 0.311 e. The number of rotatable bonds is 12. The molecule has 31 heavy (non-hydrogen) atoms. The lowest BCUT2D eigenvalue weighted by atomic mass is 9.99. The first-order valence-electron chi connectivity index (χ1n) is 10.3. The van der Waals surface area contributed by atoms with Crippen LogP contribution in [0.25, 0.3) is 0 Å². The Morgan fingerprint density at radius 3 is 1.52 bits per heavy atom. The maximum atomic E-state index is 10.5. The summed E-state index contributed by atoms with van der Waals surface area (Å²) in [6.45, 7) is 5.76. The number of terminal acetylenes is 3. The number of hydrogen-bond acceptors (Lipinski definition) is 3. The largest absolute Gasteiger partial charge is 0.481 e. The van der Waals surface area contributed by atoms with Gasteiger partial charge in [0.25, 0.3) is 0 Å². The Morgan fingerprint density at radius 2 is 1.23 bits per heavy atom. The van der Waals surface area contributed by atoms with Crippen LogP contribution in [-0.4, -0.2) is 33.2 Å². The number of aliphatic carboxylic acids is 3. The zero-order chi connectivity index (χ0) is 24.7. The number of hydrogen-bond donors (Lipinski definition) is 3. The van der Waals surface area contributed by atoms with Gasteiger partial charge in [0.05, 0.1) is 17.8 Å². The van der Waals surface area contributed by atoms with Crippen molar-refractivity contribution in [1.29, 1.82) is 0 Å². The zero-order valence-corrected chi connectivity index (χ0v) is 18.8. The molecule has 0 saturated carbocycles. The van der Waals surface area contributed by atoms with Crippen LogP contribution in [0.5, 0.6) is 0 Å². The standard InChI is InChI=1S/C9H14O2.C8H12O2.C8H10O2/c1-3-5-7-8(6-4-2)9(10)11;2*1-3-5-7(6-4-2)8(9)10/h2,8H,3,5-7H2,1H3,(H,10,11);1,7H,4-6H2,2H3,(H,9,10);1,4,6-7H,5H2,2H3,(H,9,10). The fourth-order valence-corrected chi connectivity index (χ4v) is 2.31. The fraction of sp³-hybridized carbons (Fsp3) is 0.560. The molecule has 6 heteroatoms. The summed E-state index contributed by atoms with van der Waals surface area (Å²) < 4.78 is 0. The van der Waals surface area contributed by atoms with Gasteiger partial charge in [-0.3, -0.25) is 14.4 Å². The zero-order valence-electron chi connectivity index (χ0n) is 18.8. The van der Waals surface area contributed by atoms with Crippen LogP contribution in [0.15, 0.2) is 12.2 Å². The summed E-state index contributed by atoms with van der Waals surface area (Å²) in [7, 11) is 0. The van der Waals surface area contributed by atoms with Crippen molar-refractivity contribution in [2.45, 2.75) is 72.1 Å². The molecule has 0 aliphatic heterocycles. The summed E-state index contributed by atoms with van der Waals surface area (Å²) >= 11 is 0. The summed E-state index contributed by atoms with van der Waals surface area (Å²) in [6, 6.07) is 0. The van der Waals surface area contributed by atoms with E-state index in [9.17, 15) is 14.4 Å². The van der Waals surface area contributed by atoms with Gasteiger partial charge in [-0.15, -0.1) is 37.0 Å². The van der Waals surface area contributed by atoms with Crippen LogP contribution in [0.4, 0.5) is 0 Å². The summed E-state index contributed by atoms with van der Waals surface area (Å²) in [5.41, 5.74) is 0. The van der Waals surface area contributed by atoms with E-state index in [1.165, 1.54) is 0 Å². The average Bonchev–Trinajstić information content (AvgIpc) is 2.71. The minimum Gasteiger partial charge on any atom is -0.481 e. The Kier molecular flexibility index (Phi) is 24.2. The van der Waals surface area contributed by atoms with Gasteiger partial charge >= 0.3 is 17.9 Å². The van der Waals surface area contributed by atoms with Gasteiger partial charge in [0, 0.05) is 19.3 Å². The first kappa shape index (κ1) is 32.5. The lowest BCUT2D eigenvalue weighted by Gasteiger charge is -2.06. The van der Waals surface area contributed by atoms with E-state index in [4.69, 9.17) is 34.6 Å². The van der Waals surface area contributed by atoms with Gasteiger partial charge in [-0.2, -0.15) is 0 Å². The van der Waals surface area contributed by atoms with Gasteiger partial charge in [0.1, 0.15) is 0 Å².